The van der Waals surface area contributed by atoms with Crippen molar-refractivity contribution in [1.82, 2.24) is 9.88 Å². The van der Waals surface area contributed by atoms with Gasteiger partial charge in [-0.1, -0.05) is 24.3 Å². The van der Waals surface area contributed by atoms with Crippen LogP contribution in [0.25, 0.3) is 0 Å². The molecule has 2 N–H and O–H groups in total. The molecule has 4 rings (SSSR count). The number of carbonyl (C=O) groups excluding carboxylic acids is 1. The van der Waals surface area contributed by atoms with Crippen molar-refractivity contribution in [2.24, 2.45) is 5.73 Å². The standard InChI is InChI=1S/C23H30N4O/c1-26(11-12-27-9-6-21(28)7-10-27)20-5-8-25-19(15-20)14-17-3-2-4-18(13-17)22-16-23(22)24/h2-5,8,13,15,22-23H,6-7,9-12,14,16,24H2,1H3/t22-,23+/m0/s1. The molecule has 0 spiro atoms. The SMILES string of the molecule is CN(CCN1CCC(=O)CC1)c1ccnc(Cc2cccc([C@@H]3C[C@H]3N)c2)c1. The highest BCUT2D eigenvalue weighted by Crippen LogP contribution is 2.39. The van der Waals surface area contributed by atoms with E-state index in [1.54, 1.807) is 0 Å². The normalized spacial score (nSPS) is 22.3. The van der Waals surface area contributed by atoms with Gasteiger partial charge in [0.15, 0.2) is 0 Å². The molecular formula is C23H30N4O. The molecule has 2 atom stereocenters. The number of likely N-dealkylation sites (tertiary alicyclic amines) is 1. The zero-order valence-electron chi connectivity index (χ0n) is 16.7. The van der Waals surface area contributed by atoms with Crippen LogP contribution in [0, 0.1) is 0 Å². The number of nitrogens with two attached hydrogens (primary N) is 1. The van der Waals surface area contributed by atoms with Crippen LogP contribution in [-0.2, 0) is 11.2 Å². The highest BCUT2D eigenvalue weighted by atomic mass is 16.1. The molecule has 28 heavy (non-hydrogen) atoms. The summed E-state index contributed by atoms with van der Waals surface area (Å²) in [6.07, 6.45) is 5.25. The Morgan fingerprint density at radius 3 is 2.75 bits per heavy atom. The summed E-state index contributed by atoms with van der Waals surface area (Å²) in [4.78, 5) is 20.6. The van der Waals surface area contributed by atoms with E-state index in [2.05, 4.69) is 58.2 Å². The number of rotatable bonds is 7. The Morgan fingerprint density at radius 2 is 2.00 bits per heavy atom. The lowest BCUT2D eigenvalue weighted by Crippen LogP contribution is -2.39. The summed E-state index contributed by atoms with van der Waals surface area (Å²) in [6, 6.07) is 13.4. The second-order valence-corrected chi connectivity index (χ2v) is 8.24. The summed E-state index contributed by atoms with van der Waals surface area (Å²) in [6.45, 7) is 3.74. The van der Waals surface area contributed by atoms with Gasteiger partial charge in [-0.25, -0.2) is 0 Å². The van der Waals surface area contributed by atoms with E-state index in [0.29, 0.717) is 30.6 Å². The summed E-state index contributed by atoms with van der Waals surface area (Å²) in [5, 5.41) is 0. The number of carbonyl (C=O) groups is 1. The van der Waals surface area contributed by atoms with Crippen LogP contribution >= 0.6 is 0 Å². The summed E-state index contributed by atoms with van der Waals surface area (Å²) in [7, 11) is 2.13. The van der Waals surface area contributed by atoms with Crippen molar-refractivity contribution >= 4 is 11.5 Å². The second-order valence-electron chi connectivity index (χ2n) is 8.24. The molecule has 148 valence electrons. The van der Waals surface area contributed by atoms with E-state index >= 15 is 0 Å². The molecule has 1 aliphatic carbocycles. The van der Waals surface area contributed by atoms with Crippen molar-refractivity contribution in [3.63, 3.8) is 0 Å². The van der Waals surface area contributed by atoms with Gasteiger partial charge in [-0.05, 0) is 29.7 Å². The highest BCUT2D eigenvalue weighted by molar-refractivity contribution is 5.79. The first-order chi connectivity index (χ1) is 13.6. The van der Waals surface area contributed by atoms with Crippen LogP contribution in [0.15, 0.2) is 42.6 Å². The van der Waals surface area contributed by atoms with Crippen LogP contribution in [-0.4, -0.2) is 54.9 Å². The van der Waals surface area contributed by atoms with Crippen molar-refractivity contribution in [3.05, 3.63) is 59.4 Å². The maximum absolute atomic E-state index is 11.4. The van der Waals surface area contributed by atoms with Crippen molar-refractivity contribution in [2.45, 2.75) is 37.6 Å². The third-order valence-electron chi connectivity index (χ3n) is 6.01. The first-order valence-electron chi connectivity index (χ1n) is 10.3. The molecule has 0 amide bonds. The number of hydrogen-bond donors (Lipinski definition) is 1. The van der Waals surface area contributed by atoms with Gasteiger partial charge in [0.1, 0.15) is 5.78 Å². The third kappa shape index (κ3) is 4.78. The predicted molar refractivity (Wildman–Crippen MR) is 113 cm³/mol. The molecule has 2 aromatic rings. The van der Waals surface area contributed by atoms with E-state index in [1.807, 2.05) is 6.20 Å². The van der Waals surface area contributed by atoms with Crippen LogP contribution in [0.3, 0.4) is 0 Å². The molecule has 1 saturated carbocycles. The number of pyridine rings is 1. The molecule has 0 unspecified atom stereocenters. The number of ketones is 1. The fourth-order valence-electron chi connectivity index (χ4n) is 3.99. The lowest BCUT2D eigenvalue weighted by molar-refractivity contribution is -0.121. The fraction of sp³-hybridized carbons (Fsp3) is 0.478. The predicted octanol–water partition coefficient (Wildman–Crippen LogP) is 2.59. The Bertz CT molecular complexity index is 827. The number of likely N-dealkylation sites (N-methyl/N-ethyl adjacent to an activating group) is 1. The minimum atomic E-state index is 0.336. The van der Waals surface area contributed by atoms with Crippen LogP contribution in [0.1, 0.15) is 42.0 Å². The molecule has 5 nitrogen and oxygen atoms in total. The Balaban J connectivity index is 1.35. The van der Waals surface area contributed by atoms with E-state index in [4.69, 9.17) is 5.73 Å². The van der Waals surface area contributed by atoms with Gasteiger partial charge in [0.2, 0.25) is 0 Å². The molecule has 2 heterocycles. The molecule has 2 fully saturated rings. The molecular weight excluding hydrogens is 348 g/mol. The maximum atomic E-state index is 11.4. The molecule has 1 aromatic heterocycles. The molecule has 5 heteroatoms. The van der Waals surface area contributed by atoms with Crippen LogP contribution in [0.2, 0.25) is 0 Å². The fourth-order valence-corrected chi connectivity index (χ4v) is 3.99. The number of anilines is 1. The zero-order valence-corrected chi connectivity index (χ0v) is 16.7. The highest BCUT2D eigenvalue weighted by Gasteiger charge is 2.34. The van der Waals surface area contributed by atoms with Crippen LogP contribution in [0.4, 0.5) is 5.69 Å². The number of hydrogen-bond acceptors (Lipinski definition) is 5. The maximum Gasteiger partial charge on any atom is 0.135 e. The van der Waals surface area contributed by atoms with Gasteiger partial charge < -0.3 is 15.5 Å². The van der Waals surface area contributed by atoms with Gasteiger partial charge in [-0.3, -0.25) is 9.78 Å². The van der Waals surface area contributed by atoms with Crippen LogP contribution in [0.5, 0.6) is 0 Å². The average Bonchev–Trinajstić information content (AvgIpc) is 3.44. The monoisotopic (exact) mass is 378 g/mol. The number of aromatic nitrogens is 1. The Morgan fingerprint density at radius 1 is 1.21 bits per heavy atom. The summed E-state index contributed by atoms with van der Waals surface area (Å²) in [5.41, 5.74) is 10.9. The number of piperidine rings is 1. The molecule has 1 saturated heterocycles. The molecule has 0 radical (unpaired) electrons. The van der Waals surface area contributed by atoms with E-state index in [-0.39, 0.29) is 0 Å². The van der Waals surface area contributed by atoms with Gasteiger partial charge in [0.05, 0.1) is 0 Å². The van der Waals surface area contributed by atoms with E-state index in [0.717, 1.165) is 44.7 Å². The first kappa shape index (κ1) is 19.1. The lowest BCUT2D eigenvalue weighted by Gasteiger charge is -2.28. The van der Waals surface area contributed by atoms with E-state index in [9.17, 15) is 4.79 Å². The third-order valence-corrected chi connectivity index (χ3v) is 6.01. The van der Waals surface area contributed by atoms with Gasteiger partial charge in [-0.15, -0.1) is 0 Å². The van der Waals surface area contributed by atoms with E-state index < -0.39 is 0 Å². The lowest BCUT2D eigenvalue weighted by atomic mass is 10.0. The van der Waals surface area contributed by atoms with Crippen molar-refractivity contribution < 1.29 is 4.79 Å². The van der Waals surface area contributed by atoms with Gasteiger partial charge >= 0.3 is 0 Å². The zero-order chi connectivity index (χ0) is 19.5. The largest absolute Gasteiger partial charge is 0.373 e. The number of nitrogens with zero attached hydrogens (tertiary/aromatic N) is 3. The minimum absolute atomic E-state index is 0.336. The van der Waals surface area contributed by atoms with Gasteiger partial charge in [-0.2, -0.15) is 0 Å². The summed E-state index contributed by atoms with van der Waals surface area (Å²) < 4.78 is 0. The smallest absolute Gasteiger partial charge is 0.135 e. The summed E-state index contributed by atoms with van der Waals surface area (Å²) in [5.74, 6) is 0.937. The summed E-state index contributed by atoms with van der Waals surface area (Å²) >= 11 is 0. The van der Waals surface area contributed by atoms with Gasteiger partial charge in [0, 0.05) is 82.0 Å². The average molecular weight is 379 g/mol. The molecule has 1 aliphatic heterocycles. The molecule has 1 aromatic carbocycles. The van der Waals surface area contributed by atoms with Gasteiger partial charge in [0.25, 0.3) is 0 Å². The number of benzene rings is 1. The molecule has 0 bridgehead atoms. The van der Waals surface area contributed by atoms with Crippen LogP contribution < -0.4 is 10.6 Å². The topological polar surface area (TPSA) is 62.5 Å². The Labute approximate surface area is 167 Å². The Hall–Kier alpha value is -2.24. The first-order valence-corrected chi connectivity index (χ1v) is 10.3. The number of Topliss-reactive ketones (excluding diaryl/α,β-unsaturated/α-hetero) is 1. The second kappa shape index (κ2) is 8.41. The Kier molecular flexibility index (Phi) is 5.74. The van der Waals surface area contributed by atoms with Crippen molar-refractivity contribution in [3.8, 4) is 0 Å². The van der Waals surface area contributed by atoms with Crippen molar-refractivity contribution in [1.29, 1.82) is 0 Å². The quantitative estimate of drug-likeness (QED) is 0.802. The molecule has 2 aliphatic rings. The minimum Gasteiger partial charge on any atom is -0.373 e. The van der Waals surface area contributed by atoms with E-state index in [1.165, 1.54) is 16.8 Å². The van der Waals surface area contributed by atoms with Crippen molar-refractivity contribution in [2.75, 3.05) is 38.1 Å².